The van der Waals surface area contributed by atoms with Crippen LogP contribution in [0.5, 0.6) is 0 Å². The minimum absolute atomic E-state index is 0.0532. The Labute approximate surface area is 168 Å². The molecular weight excluding hydrogens is 334 g/mol. The molecular formula is C23H44N3O+. The highest BCUT2D eigenvalue weighted by molar-refractivity contribution is 5.72. The van der Waals surface area contributed by atoms with Crippen molar-refractivity contribution < 1.29 is 9.28 Å². The second-order valence-corrected chi connectivity index (χ2v) is 8.07. The van der Waals surface area contributed by atoms with E-state index in [9.17, 15) is 4.79 Å². The summed E-state index contributed by atoms with van der Waals surface area (Å²) in [6, 6.07) is 0. The van der Waals surface area contributed by atoms with Crippen molar-refractivity contribution in [2.75, 3.05) is 26.2 Å². The molecule has 0 saturated carbocycles. The first kappa shape index (κ1) is 23.9. The molecule has 1 aliphatic heterocycles. The Bertz CT molecular complexity index is 447. The second kappa shape index (κ2) is 14.8. The molecule has 0 aromatic heterocycles. The summed E-state index contributed by atoms with van der Waals surface area (Å²) < 4.78 is 0.939. The van der Waals surface area contributed by atoms with Crippen LogP contribution in [0.25, 0.3) is 0 Å². The number of nitrogens with one attached hydrogen (secondary N) is 1. The number of rotatable bonds is 16. The smallest absolute Gasteiger partial charge is 0.217 e. The Morgan fingerprint density at radius 1 is 1.07 bits per heavy atom. The van der Waals surface area contributed by atoms with Crippen LogP contribution >= 0.6 is 0 Å². The molecule has 0 aromatic rings. The number of aliphatic imine (C=N–C) groups is 1. The first-order valence-electron chi connectivity index (χ1n) is 11.4. The molecule has 1 aliphatic rings. The topological polar surface area (TPSA) is 41.5 Å². The fourth-order valence-corrected chi connectivity index (χ4v) is 3.92. The van der Waals surface area contributed by atoms with Gasteiger partial charge in [-0.15, -0.1) is 0 Å². The highest BCUT2D eigenvalue weighted by Crippen LogP contribution is 2.20. The van der Waals surface area contributed by atoms with Crippen LogP contribution < -0.4 is 5.32 Å². The third-order valence-corrected chi connectivity index (χ3v) is 5.86. The van der Waals surface area contributed by atoms with Crippen molar-refractivity contribution in [1.82, 2.24) is 5.32 Å². The molecule has 0 saturated heterocycles. The van der Waals surface area contributed by atoms with E-state index in [2.05, 4.69) is 37.5 Å². The molecule has 27 heavy (non-hydrogen) atoms. The van der Waals surface area contributed by atoms with Crippen LogP contribution in [0.3, 0.4) is 0 Å². The zero-order valence-electron chi connectivity index (χ0n) is 18.2. The van der Waals surface area contributed by atoms with Crippen LogP contribution in [-0.4, -0.2) is 48.9 Å². The average molecular weight is 379 g/mol. The Morgan fingerprint density at radius 2 is 1.70 bits per heavy atom. The van der Waals surface area contributed by atoms with Crippen molar-refractivity contribution in [1.29, 1.82) is 0 Å². The number of hydrogen-bond donors (Lipinski definition) is 1. The molecule has 1 heterocycles. The molecule has 2 atom stereocenters. The fourth-order valence-electron chi connectivity index (χ4n) is 3.92. The number of allylic oxidation sites excluding steroid dienone is 1. The number of carbonyl (C=O) groups is 1. The van der Waals surface area contributed by atoms with Gasteiger partial charge >= 0.3 is 0 Å². The van der Waals surface area contributed by atoms with Gasteiger partial charge in [0, 0.05) is 6.92 Å². The third kappa shape index (κ3) is 10.1. The number of amides is 1. The van der Waals surface area contributed by atoms with Crippen molar-refractivity contribution in [3.63, 3.8) is 0 Å². The number of quaternary nitrogens is 1. The summed E-state index contributed by atoms with van der Waals surface area (Å²) in [6.07, 6.45) is 22.0. The molecule has 0 aromatic carbocycles. The van der Waals surface area contributed by atoms with E-state index in [-0.39, 0.29) is 12.1 Å². The predicted molar refractivity (Wildman–Crippen MR) is 117 cm³/mol. The Kier molecular flexibility index (Phi) is 13.1. The Balaban J connectivity index is 2.14. The normalized spacial score (nSPS) is 22.0. The monoisotopic (exact) mass is 378 g/mol. The highest BCUT2D eigenvalue weighted by Gasteiger charge is 2.35. The predicted octanol–water partition coefficient (Wildman–Crippen LogP) is 5.24. The van der Waals surface area contributed by atoms with Crippen LogP contribution in [0, 0.1) is 0 Å². The van der Waals surface area contributed by atoms with E-state index in [1.807, 2.05) is 0 Å². The van der Waals surface area contributed by atoms with E-state index in [1.165, 1.54) is 64.2 Å². The van der Waals surface area contributed by atoms with Gasteiger partial charge in [0.25, 0.3) is 0 Å². The van der Waals surface area contributed by atoms with Gasteiger partial charge in [-0.2, -0.15) is 0 Å². The maximum atomic E-state index is 11.1. The molecule has 4 nitrogen and oxygen atoms in total. The molecule has 2 unspecified atom stereocenters. The maximum absolute atomic E-state index is 11.1. The van der Waals surface area contributed by atoms with E-state index in [0.717, 1.165) is 37.1 Å². The largest absolute Gasteiger partial charge is 0.351 e. The van der Waals surface area contributed by atoms with Crippen LogP contribution in [0.15, 0.2) is 17.1 Å². The van der Waals surface area contributed by atoms with Gasteiger partial charge in [0.1, 0.15) is 6.54 Å². The maximum Gasteiger partial charge on any atom is 0.217 e. The molecule has 0 bridgehead atoms. The molecule has 0 spiro atoms. The molecule has 0 fully saturated rings. The fraction of sp³-hybridized carbons (Fsp3) is 0.826. The van der Waals surface area contributed by atoms with Crippen molar-refractivity contribution in [2.24, 2.45) is 4.99 Å². The third-order valence-electron chi connectivity index (χ3n) is 5.86. The van der Waals surface area contributed by atoms with E-state index >= 15 is 0 Å². The van der Waals surface area contributed by atoms with Crippen molar-refractivity contribution in [3.05, 3.63) is 12.2 Å². The van der Waals surface area contributed by atoms with E-state index in [4.69, 9.17) is 4.99 Å². The number of unbranched alkanes of at least 4 members (excludes halogenated alkanes) is 10. The van der Waals surface area contributed by atoms with Crippen LogP contribution in [-0.2, 0) is 4.79 Å². The van der Waals surface area contributed by atoms with Crippen LogP contribution in [0.1, 0.15) is 91.4 Å². The lowest BCUT2D eigenvalue weighted by atomic mass is 10.1. The molecule has 1 N–H and O–H groups in total. The molecule has 156 valence electrons. The van der Waals surface area contributed by atoms with Crippen LogP contribution in [0.4, 0.5) is 0 Å². The SMILES string of the molecule is CCCCCCCCCCCC/C=C/C1N=CC[N+]1(CC)CCNC(C)=O. The average Bonchev–Trinajstić information content (AvgIpc) is 3.05. The lowest BCUT2D eigenvalue weighted by Crippen LogP contribution is -2.54. The molecule has 1 rings (SSSR count). The van der Waals surface area contributed by atoms with Gasteiger partial charge in [-0.05, 0) is 25.8 Å². The summed E-state index contributed by atoms with van der Waals surface area (Å²) in [5.41, 5.74) is 0. The highest BCUT2D eigenvalue weighted by atomic mass is 16.1. The van der Waals surface area contributed by atoms with Gasteiger partial charge in [0.05, 0.1) is 25.8 Å². The lowest BCUT2D eigenvalue weighted by molar-refractivity contribution is -0.928. The first-order chi connectivity index (χ1) is 13.1. The minimum Gasteiger partial charge on any atom is -0.351 e. The van der Waals surface area contributed by atoms with Gasteiger partial charge < -0.3 is 5.32 Å². The second-order valence-electron chi connectivity index (χ2n) is 8.07. The van der Waals surface area contributed by atoms with E-state index in [0.29, 0.717) is 0 Å². The minimum atomic E-state index is 0.0532. The van der Waals surface area contributed by atoms with Crippen molar-refractivity contribution in [2.45, 2.75) is 97.6 Å². The Morgan fingerprint density at radius 3 is 2.30 bits per heavy atom. The number of hydrogen-bond acceptors (Lipinski definition) is 2. The summed E-state index contributed by atoms with van der Waals surface area (Å²) in [4.78, 5) is 15.8. The zero-order valence-corrected chi connectivity index (χ0v) is 18.2. The van der Waals surface area contributed by atoms with Crippen molar-refractivity contribution >= 4 is 12.1 Å². The zero-order chi connectivity index (χ0) is 19.8. The lowest BCUT2D eigenvalue weighted by Gasteiger charge is -2.36. The molecule has 1 amide bonds. The van der Waals surface area contributed by atoms with Gasteiger partial charge in [0.2, 0.25) is 12.1 Å². The molecule has 4 heteroatoms. The van der Waals surface area contributed by atoms with Gasteiger partial charge in [-0.25, -0.2) is 4.99 Å². The summed E-state index contributed by atoms with van der Waals surface area (Å²) in [6.45, 7) is 9.79. The van der Waals surface area contributed by atoms with Gasteiger partial charge in [0.15, 0.2) is 0 Å². The number of nitrogens with zero attached hydrogens (tertiary/aromatic N) is 2. The van der Waals surface area contributed by atoms with Gasteiger partial charge in [-0.3, -0.25) is 9.28 Å². The quantitative estimate of drug-likeness (QED) is 0.223. The molecule has 0 aliphatic carbocycles. The Hall–Kier alpha value is -1.16. The summed E-state index contributed by atoms with van der Waals surface area (Å²) in [7, 11) is 0. The number of likely N-dealkylation sites (N-methyl/N-ethyl adjacent to an activating group) is 1. The van der Waals surface area contributed by atoms with Crippen LogP contribution in [0.2, 0.25) is 0 Å². The first-order valence-corrected chi connectivity index (χ1v) is 11.4. The molecule has 0 radical (unpaired) electrons. The van der Waals surface area contributed by atoms with E-state index in [1.54, 1.807) is 6.92 Å². The standard InChI is InChI=1S/C23H43N3O/c1-4-6-7-8-9-10-11-12-13-14-15-16-17-23-25-19-21-26(23,5-2)20-18-24-22(3)27/h16-17,19,23H,4-15,18,20-21H2,1-3H3/p+1/b17-16+. The summed E-state index contributed by atoms with van der Waals surface area (Å²) in [5.74, 6) is 0.0532. The van der Waals surface area contributed by atoms with Gasteiger partial charge in [-0.1, -0.05) is 70.8 Å². The summed E-state index contributed by atoms with van der Waals surface area (Å²) >= 11 is 0. The van der Waals surface area contributed by atoms with Crippen molar-refractivity contribution in [3.8, 4) is 0 Å². The summed E-state index contributed by atoms with van der Waals surface area (Å²) in [5, 5.41) is 2.93. The number of carbonyl (C=O) groups excluding carboxylic acids is 1. The van der Waals surface area contributed by atoms with E-state index < -0.39 is 0 Å².